The normalized spacial score (nSPS) is 27.1. The van der Waals surface area contributed by atoms with E-state index in [-0.39, 0.29) is 24.7 Å². The van der Waals surface area contributed by atoms with Gasteiger partial charge in [-0.15, -0.1) is 4.48 Å². The lowest BCUT2D eigenvalue weighted by molar-refractivity contribution is -0.780. The van der Waals surface area contributed by atoms with Gasteiger partial charge < -0.3 is 35.4 Å². The van der Waals surface area contributed by atoms with Gasteiger partial charge in [0.05, 0.1) is 12.3 Å². The molecule has 14 nitrogen and oxygen atoms in total. The average Bonchev–Trinajstić information content (AvgIpc) is 3.19. The summed E-state index contributed by atoms with van der Waals surface area (Å²) >= 11 is 2.47. The summed E-state index contributed by atoms with van der Waals surface area (Å²) < 4.78 is 10.1. The number of rotatable bonds is 11. The number of hydrogen-bond donors (Lipinski definition) is 3. The molecule has 4 N–H and O–H groups in total. The summed E-state index contributed by atoms with van der Waals surface area (Å²) in [6.07, 6.45) is 2.24. The van der Waals surface area contributed by atoms with Gasteiger partial charge in [-0.2, -0.15) is 4.79 Å². The van der Waals surface area contributed by atoms with E-state index in [1.807, 2.05) is 0 Å². The molecule has 0 aromatic heterocycles. The number of oxime groups is 1. The Labute approximate surface area is 220 Å². The van der Waals surface area contributed by atoms with E-state index in [1.54, 1.807) is 26.8 Å². The summed E-state index contributed by atoms with van der Waals surface area (Å²) in [5, 5.41) is 16.8. The molecule has 0 radical (unpaired) electrons. The van der Waals surface area contributed by atoms with Crippen molar-refractivity contribution in [3.05, 3.63) is 23.4 Å². The molecule has 1 fully saturated rings. The Kier molecular flexibility index (Phi) is 8.88. The highest BCUT2D eigenvalue weighted by Crippen LogP contribution is 2.46. The Morgan fingerprint density at radius 3 is 2.73 bits per heavy atom. The van der Waals surface area contributed by atoms with Gasteiger partial charge in [-0.1, -0.05) is 28.7 Å². The highest BCUT2D eigenvalue weighted by molar-refractivity contribution is 8.03. The number of nitrogens with two attached hydrogens (primary N) is 1. The van der Waals surface area contributed by atoms with Crippen molar-refractivity contribution in [2.75, 3.05) is 25.7 Å². The molecular weight excluding hydrogens is 530 g/mol. The number of fused-ring (bicyclic) bond motifs is 1. The SMILES string of the molecule is CC(C)(C)OC(=O)CON=C(C(N)=O)C1=CSC(NC=O)N1COCC1C(=O)[N+]2(C(=O)O)C=CCS[C@@H]12. The number of nitrogens with zero attached hydrogens (tertiary/aromatic N) is 3. The molecular formula is C21H28N5O9S2+. The van der Waals surface area contributed by atoms with Crippen molar-refractivity contribution in [2.24, 2.45) is 16.8 Å². The van der Waals surface area contributed by atoms with Crippen molar-refractivity contribution < 1.29 is 47.9 Å². The van der Waals surface area contributed by atoms with Crippen LogP contribution in [-0.2, 0) is 33.5 Å². The number of hydrogen-bond acceptors (Lipinski definition) is 12. The van der Waals surface area contributed by atoms with Gasteiger partial charge >= 0.3 is 18.0 Å². The van der Waals surface area contributed by atoms with Gasteiger partial charge in [0.2, 0.25) is 13.0 Å². The minimum Gasteiger partial charge on any atom is -0.457 e. The maximum atomic E-state index is 12.7. The van der Waals surface area contributed by atoms with Crippen molar-refractivity contribution in [3.63, 3.8) is 0 Å². The number of ether oxygens (including phenoxy) is 2. The lowest BCUT2D eigenvalue weighted by atomic mass is 9.95. The average molecular weight is 559 g/mol. The number of imide groups is 1. The third kappa shape index (κ3) is 6.08. The highest BCUT2D eigenvalue weighted by Gasteiger charge is 2.69. The molecule has 0 bridgehead atoms. The van der Waals surface area contributed by atoms with Crippen molar-refractivity contribution in [1.82, 2.24) is 10.2 Å². The molecule has 4 amide bonds. The first-order valence-corrected chi connectivity index (χ1v) is 13.0. The van der Waals surface area contributed by atoms with Crippen LogP contribution < -0.4 is 11.1 Å². The van der Waals surface area contributed by atoms with Crippen LogP contribution in [-0.4, -0.2) is 92.7 Å². The smallest absolute Gasteiger partial charge is 0.457 e. The maximum absolute atomic E-state index is 12.7. The van der Waals surface area contributed by atoms with Crippen molar-refractivity contribution in [1.29, 1.82) is 0 Å². The molecule has 0 spiro atoms. The number of thioether (sulfide) groups is 2. The van der Waals surface area contributed by atoms with E-state index in [4.69, 9.17) is 20.0 Å². The minimum absolute atomic E-state index is 0.0853. The largest absolute Gasteiger partial charge is 0.526 e. The molecule has 37 heavy (non-hydrogen) atoms. The topological polar surface area (TPSA) is 187 Å². The number of quaternary nitrogens is 1. The monoisotopic (exact) mass is 558 g/mol. The second-order valence-corrected chi connectivity index (χ2v) is 11.1. The lowest BCUT2D eigenvalue weighted by Crippen LogP contribution is -2.74. The van der Waals surface area contributed by atoms with Gasteiger partial charge in [-0.3, -0.25) is 9.59 Å². The van der Waals surface area contributed by atoms with Crippen LogP contribution in [0.5, 0.6) is 0 Å². The van der Waals surface area contributed by atoms with Gasteiger partial charge in [-0.05, 0) is 26.8 Å². The van der Waals surface area contributed by atoms with Crippen LogP contribution in [0.2, 0.25) is 0 Å². The number of primary amides is 1. The van der Waals surface area contributed by atoms with Crippen LogP contribution in [0.15, 0.2) is 28.5 Å². The molecule has 202 valence electrons. The first-order valence-electron chi connectivity index (χ1n) is 11.0. The van der Waals surface area contributed by atoms with Crippen LogP contribution >= 0.6 is 23.5 Å². The molecule has 0 aromatic carbocycles. The Morgan fingerprint density at radius 2 is 2.11 bits per heavy atom. The van der Waals surface area contributed by atoms with Gasteiger partial charge in [0.15, 0.2) is 22.5 Å². The van der Waals surface area contributed by atoms with Gasteiger partial charge in [0, 0.05) is 11.2 Å². The first kappa shape index (κ1) is 28.5. The van der Waals surface area contributed by atoms with E-state index >= 15 is 0 Å². The molecule has 3 aliphatic rings. The summed E-state index contributed by atoms with van der Waals surface area (Å²) in [4.78, 5) is 66.0. The minimum atomic E-state index is -1.25. The standard InChI is InChI=1S/C21H27N5O9S2/c1-21(2,3)35-14(28)8-34-24-15(16(22)29)13-9-37-19(23-10-27)25(13)11-33-7-12-17(30)26(20(31)32)5-4-6-36-18(12)26/h4-5,9-10,12,18-19H,6-8,11H2,1-3H3,(H3-,22,23,27,29,31,32)/p+1/t12?,18-,19?,26?/m0/s1. The van der Waals surface area contributed by atoms with Crippen LogP contribution in [0.4, 0.5) is 4.79 Å². The number of carbonyl (C=O) groups excluding carboxylic acids is 4. The van der Waals surface area contributed by atoms with Crippen molar-refractivity contribution in [3.8, 4) is 0 Å². The molecule has 1 saturated heterocycles. The van der Waals surface area contributed by atoms with Crippen molar-refractivity contribution in [2.45, 2.75) is 37.2 Å². The Bertz CT molecular complexity index is 1060. The Balaban J connectivity index is 1.66. The van der Waals surface area contributed by atoms with E-state index in [2.05, 4.69) is 10.5 Å². The van der Waals surface area contributed by atoms with Gasteiger partial charge in [0.25, 0.3) is 5.91 Å². The second-order valence-electron chi connectivity index (χ2n) is 9.02. The van der Waals surface area contributed by atoms with Gasteiger partial charge in [-0.25, -0.2) is 9.59 Å². The fraction of sp³-hybridized carbons (Fsp3) is 0.524. The van der Waals surface area contributed by atoms with Crippen LogP contribution in [0.25, 0.3) is 0 Å². The zero-order valence-electron chi connectivity index (χ0n) is 20.3. The molecule has 16 heteroatoms. The molecule has 4 atom stereocenters. The zero-order valence-corrected chi connectivity index (χ0v) is 22.0. The number of esters is 1. The zero-order chi connectivity index (χ0) is 27.4. The fourth-order valence-corrected chi connectivity index (χ4v) is 6.11. The van der Waals surface area contributed by atoms with Crippen LogP contribution in [0, 0.1) is 5.92 Å². The third-order valence-corrected chi connectivity index (χ3v) is 7.72. The number of carboxylic acid groups (broad SMARTS) is 1. The van der Waals surface area contributed by atoms with E-state index in [0.29, 0.717) is 12.2 Å². The van der Waals surface area contributed by atoms with E-state index in [0.717, 1.165) is 11.8 Å². The molecule has 3 unspecified atom stereocenters. The van der Waals surface area contributed by atoms with Crippen LogP contribution in [0.1, 0.15) is 20.8 Å². The predicted molar refractivity (Wildman–Crippen MR) is 132 cm³/mol. The second kappa shape index (κ2) is 11.5. The highest BCUT2D eigenvalue weighted by atomic mass is 32.2. The molecule has 3 aliphatic heterocycles. The van der Waals surface area contributed by atoms with Crippen LogP contribution in [0.3, 0.4) is 0 Å². The first-order chi connectivity index (χ1) is 17.4. The molecule has 0 aliphatic carbocycles. The Hall–Kier alpha value is -3.08. The predicted octanol–water partition coefficient (Wildman–Crippen LogP) is 0.318. The van der Waals surface area contributed by atoms with E-state index in [1.165, 1.54) is 28.3 Å². The molecule has 0 aromatic rings. The summed E-state index contributed by atoms with van der Waals surface area (Å²) in [7, 11) is 0. The number of β-lactam (4-membered cyclic amide) rings is 1. The van der Waals surface area contributed by atoms with Crippen molar-refractivity contribution >= 4 is 59.5 Å². The summed E-state index contributed by atoms with van der Waals surface area (Å²) in [6, 6.07) is 0. The van der Waals surface area contributed by atoms with Gasteiger partial charge in [0.1, 0.15) is 18.5 Å². The molecule has 3 rings (SSSR count). The maximum Gasteiger partial charge on any atom is 0.526 e. The molecule has 0 saturated carbocycles. The summed E-state index contributed by atoms with van der Waals surface area (Å²) in [6.45, 7) is 4.20. The van der Waals surface area contributed by atoms with E-state index in [9.17, 15) is 29.1 Å². The third-order valence-electron chi connectivity index (χ3n) is 5.32. The fourth-order valence-electron chi connectivity index (χ4n) is 3.83. The lowest BCUT2D eigenvalue weighted by Gasteiger charge is -2.47. The summed E-state index contributed by atoms with van der Waals surface area (Å²) in [5.41, 5.74) is 3.87. The summed E-state index contributed by atoms with van der Waals surface area (Å²) in [5.74, 6) is -2.25. The number of amides is 4. The Morgan fingerprint density at radius 1 is 1.38 bits per heavy atom. The van der Waals surface area contributed by atoms with E-state index < -0.39 is 57.4 Å². The quantitative estimate of drug-likeness (QED) is 0.0788. The molecule has 3 heterocycles. The number of nitrogens with one attached hydrogen (secondary N) is 1. The number of carbonyl (C=O) groups is 5.